The standard InChI is InChI=1S/C14H16N2O2/c1-10-4-3-7-16(14(10)17)13-6-5-12(15)8-11(13)9-18-2/h3-8H,9,15H2,1-2H3. The molecule has 1 aromatic heterocycles. The molecule has 0 aliphatic carbocycles. The number of nitrogens with two attached hydrogens (primary N) is 1. The Morgan fingerprint density at radius 3 is 2.83 bits per heavy atom. The van der Waals surface area contributed by atoms with Crippen LogP contribution in [-0.4, -0.2) is 11.7 Å². The number of aryl methyl sites for hydroxylation is 1. The average molecular weight is 244 g/mol. The minimum Gasteiger partial charge on any atom is -0.399 e. The van der Waals surface area contributed by atoms with Gasteiger partial charge in [0.15, 0.2) is 0 Å². The summed E-state index contributed by atoms with van der Waals surface area (Å²) in [5, 5.41) is 0. The SMILES string of the molecule is COCc1cc(N)ccc1-n1cccc(C)c1=O. The van der Waals surface area contributed by atoms with Crippen molar-refractivity contribution in [1.82, 2.24) is 4.57 Å². The van der Waals surface area contributed by atoms with E-state index < -0.39 is 0 Å². The van der Waals surface area contributed by atoms with Gasteiger partial charge in [0.1, 0.15) is 0 Å². The zero-order valence-corrected chi connectivity index (χ0v) is 10.5. The van der Waals surface area contributed by atoms with Crippen LogP contribution in [0.1, 0.15) is 11.1 Å². The number of hydrogen-bond acceptors (Lipinski definition) is 3. The van der Waals surface area contributed by atoms with Gasteiger partial charge in [-0.2, -0.15) is 0 Å². The topological polar surface area (TPSA) is 57.2 Å². The lowest BCUT2D eigenvalue weighted by Crippen LogP contribution is -2.20. The number of hydrogen-bond donors (Lipinski definition) is 1. The maximum atomic E-state index is 12.1. The molecule has 0 saturated carbocycles. The van der Waals surface area contributed by atoms with Crippen LogP contribution in [-0.2, 0) is 11.3 Å². The van der Waals surface area contributed by atoms with E-state index in [1.807, 2.05) is 18.2 Å². The molecule has 0 saturated heterocycles. The average Bonchev–Trinajstić information content (AvgIpc) is 2.34. The van der Waals surface area contributed by atoms with Gasteiger partial charge in [0.2, 0.25) is 0 Å². The third-order valence-electron chi connectivity index (χ3n) is 2.80. The van der Waals surface area contributed by atoms with E-state index in [0.717, 1.165) is 11.3 Å². The number of ether oxygens (including phenoxy) is 1. The molecule has 94 valence electrons. The summed E-state index contributed by atoms with van der Waals surface area (Å²) >= 11 is 0. The Hall–Kier alpha value is -2.07. The molecule has 0 aliphatic rings. The van der Waals surface area contributed by atoms with Crippen LogP contribution < -0.4 is 11.3 Å². The van der Waals surface area contributed by atoms with Crippen LogP contribution in [0.25, 0.3) is 5.69 Å². The number of aromatic nitrogens is 1. The molecule has 2 N–H and O–H groups in total. The van der Waals surface area contributed by atoms with Crippen molar-refractivity contribution in [2.75, 3.05) is 12.8 Å². The van der Waals surface area contributed by atoms with Crippen LogP contribution in [0.4, 0.5) is 5.69 Å². The predicted molar refractivity (Wildman–Crippen MR) is 71.9 cm³/mol. The second kappa shape index (κ2) is 5.06. The largest absolute Gasteiger partial charge is 0.399 e. The van der Waals surface area contributed by atoms with Crippen molar-refractivity contribution in [1.29, 1.82) is 0 Å². The lowest BCUT2D eigenvalue weighted by atomic mass is 10.1. The summed E-state index contributed by atoms with van der Waals surface area (Å²) < 4.78 is 6.76. The van der Waals surface area contributed by atoms with Gasteiger partial charge in [-0.3, -0.25) is 9.36 Å². The summed E-state index contributed by atoms with van der Waals surface area (Å²) in [6.07, 6.45) is 1.75. The highest BCUT2D eigenvalue weighted by atomic mass is 16.5. The van der Waals surface area contributed by atoms with Crippen molar-refractivity contribution in [3.05, 3.63) is 58.0 Å². The molecule has 0 spiro atoms. The number of rotatable bonds is 3. The van der Waals surface area contributed by atoms with Gasteiger partial charge >= 0.3 is 0 Å². The van der Waals surface area contributed by atoms with Crippen molar-refractivity contribution in [3.8, 4) is 5.69 Å². The molecule has 0 atom stereocenters. The Morgan fingerprint density at radius 1 is 1.33 bits per heavy atom. The zero-order valence-electron chi connectivity index (χ0n) is 10.5. The maximum Gasteiger partial charge on any atom is 0.257 e. The Bertz CT molecular complexity index is 617. The molecule has 0 fully saturated rings. The van der Waals surface area contributed by atoms with Crippen molar-refractivity contribution in [2.24, 2.45) is 0 Å². The van der Waals surface area contributed by atoms with E-state index in [-0.39, 0.29) is 5.56 Å². The highest BCUT2D eigenvalue weighted by Crippen LogP contribution is 2.17. The summed E-state index contributed by atoms with van der Waals surface area (Å²) in [6.45, 7) is 2.22. The van der Waals surface area contributed by atoms with E-state index in [1.165, 1.54) is 0 Å². The van der Waals surface area contributed by atoms with E-state index in [9.17, 15) is 4.79 Å². The summed E-state index contributed by atoms with van der Waals surface area (Å²) in [5.41, 5.74) is 8.80. The van der Waals surface area contributed by atoms with Crippen molar-refractivity contribution in [2.45, 2.75) is 13.5 Å². The van der Waals surface area contributed by atoms with E-state index in [0.29, 0.717) is 17.9 Å². The van der Waals surface area contributed by atoms with Gasteiger partial charge in [0, 0.05) is 30.1 Å². The summed E-state index contributed by atoms with van der Waals surface area (Å²) in [7, 11) is 1.62. The molecular formula is C14H16N2O2. The van der Waals surface area contributed by atoms with Gasteiger partial charge in [0.25, 0.3) is 5.56 Å². The number of pyridine rings is 1. The number of benzene rings is 1. The zero-order chi connectivity index (χ0) is 13.1. The molecule has 0 bridgehead atoms. The Labute approximate surface area is 106 Å². The highest BCUT2D eigenvalue weighted by Gasteiger charge is 2.07. The first kappa shape index (κ1) is 12.4. The lowest BCUT2D eigenvalue weighted by Gasteiger charge is -2.12. The maximum absolute atomic E-state index is 12.1. The molecule has 2 aromatic rings. The van der Waals surface area contributed by atoms with Crippen LogP contribution in [0.3, 0.4) is 0 Å². The molecule has 4 heteroatoms. The van der Waals surface area contributed by atoms with E-state index in [2.05, 4.69) is 0 Å². The fraction of sp³-hybridized carbons (Fsp3) is 0.214. The molecule has 2 rings (SSSR count). The van der Waals surface area contributed by atoms with Gasteiger partial charge < -0.3 is 10.5 Å². The van der Waals surface area contributed by atoms with Gasteiger partial charge in [-0.05, 0) is 31.2 Å². The monoisotopic (exact) mass is 244 g/mol. The quantitative estimate of drug-likeness (QED) is 0.839. The second-order valence-electron chi connectivity index (χ2n) is 4.19. The number of nitrogens with zero attached hydrogens (tertiary/aromatic N) is 1. The fourth-order valence-corrected chi connectivity index (χ4v) is 1.90. The summed E-state index contributed by atoms with van der Waals surface area (Å²) in [4.78, 5) is 12.1. The molecule has 4 nitrogen and oxygen atoms in total. The lowest BCUT2D eigenvalue weighted by molar-refractivity contribution is 0.185. The van der Waals surface area contributed by atoms with Gasteiger partial charge in [-0.1, -0.05) is 6.07 Å². The molecule has 0 unspecified atom stereocenters. The summed E-state index contributed by atoms with van der Waals surface area (Å²) in [5.74, 6) is 0. The molecule has 18 heavy (non-hydrogen) atoms. The van der Waals surface area contributed by atoms with E-state index in [4.69, 9.17) is 10.5 Å². The number of anilines is 1. The van der Waals surface area contributed by atoms with Crippen LogP contribution in [0, 0.1) is 6.92 Å². The molecule has 0 amide bonds. The second-order valence-corrected chi connectivity index (χ2v) is 4.19. The molecule has 0 radical (unpaired) electrons. The molecule has 1 heterocycles. The van der Waals surface area contributed by atoms with E-state index >= 15 is 0 Å². The summed E-state index contributed by atoms with van der Waals surface area (Å²) in [6, 6.07) is 9.09. The van der Waals surface area contributed by atoms with Crippen molar-refractivity contribution < 1.29 is 4.74 Å². The highest BCUT2D eigenvalue weighted by molar-refractivity contribution is 5.51. The van der Waals surface area contributed by atoms with Crippen molar-refractivity contribution >= 4 is 5.69 Å². The Kier molecular flexibility index (Phi) is 3.48. The number of methoxy groups -OCH3 is 1. The Morgan fingerprint density at radius 2 is 2.11 bits per heavy atom. The first-order valence-corrected chi connectivity index (χ1v) is 5.69. The van der Waals surface area contributed by atoms with E-state index in [1.54, 1.807) is 36.9 Å². The van der Waals surface area contributed by atoms with Crippen LogP contribution in [0.15, 0.2) is 41.3 Å². The first-order chi connectivity index (χ1) is 8.63. The first-order valence-electron chi connectivity index (χ1n) is 5.69. The van der Waals surface area contributed by atoms with Gasteiger partial charge in [0.05, 0.1) is 12.3 Å². The third-order valence-corrected chi connectivity index (χ3v) is 2.80. The van der Waals surface area contributed by atoms with Crippen LogP contribution in [0.2, 0.25) is 0 Å². The normalized spacial score (nSPS) is 10.6. The smallest absolute Gasteiger partial charge is 0.257 e. The van der Waals surface area contributed by atoms with Gasteiger partial charge in [-0.25, -0.2) is 0 Å². The minimum absolute atomic E-state index is 0.0281. The molecule has 0 aliphatic heterocycles. The molecule has 1 aromatic carbocycles. The third kappa shape index (κ3) is 2.28. The minimum atomic E-state index is -0.0281. The van der Waals surface area contributed by atoms with Crippen LogP contribution in [0.5, 0.6) is 0 Å². The van der Waals surface area contributed by atoms with Gasteiger partial charge in [-0.15, -0.1) is 0 Å². The fourth-order valence-electron chi connectivity index (χ4n) is 1.90. The van der Waals surface area contributed by atoms with Crippen LogP contribution >= 0.6 is 0 Å². The predicted octanol–water partition coefficient (Wildman–Crippen LogP) is 1.87. The number of nitrogen functional groups attached to an aromatic ring is 1. The van der Waals surface area contributed by atoms with Crippen molar-refractivity contribution in [3.63, 3.8) is 0 Å². The molecular weight excluding hydrogens is 228 g/mol. The Balaban J connectivity index is 2.63.